The molecule has 0 atom stereocenters. The molecule has 0 aliphatic heterocycles. The average Bonchev–Trinajstić information content (AvgIpc) is 2.51. The van der Waals surface area contributed by atoms with E-state index in [0.717, 1.165) is 22.8 Å². The standard InChI is InChI=1S/C7H7BF3O2S.K/c1-13-7(12)3-6-2-5(4-14-6)8(9,10)11;/h2,4H,3H2,1H3;/q-1;+1. The van der Waals surface area contributed by atoms with Crippen LogP contribution in [0.4, 0.5) is 12.9 Å². The van der Waals surface area contributed by atoms with Gasteiger partial charge in [-0.05, 0) is 5.38 Å². The van der Waals surface area contributed by atoms with Crippen LogP contribution in [-0.4, -0.2) is 20.1 Å². The molecule has 0 amide bonds. The van der Waals surface area contributed by atoms with Crippen LogP contribution in [0.1, 0.15) is 4.88 Å². The van der Waals surface area contributed by atoms with Crippen molar-refractivity contribution in [3.8, 4) is 0 Å². The molecule has 0 aromatic carbocycles. The van der Waals surface area contributed by atoms with Gasteiger partial charge in [0.1, 0.15) is 0 Å². The molecule has 1 aromatic rings. The molecule has 0 N–H and O–H groups in total. The first-order valence-electron chi connectivity index (χ1n) is 3.77. The van der Waals surface area contributed by atoms with Gasteiger partial charge in [-0.2, -0.15) is 11.3 Å². The van der Waals surface area contributed by atoms with Gasteiger partial charge in [0.25, 0.3) is 0 Å². The number of ether oxygens (including phenoxy) is 1. The maximum Gasteiger partial charge on any atom is 1.00 e. The van der Waals surface area contributed by atoms with Crippen molar-refractivity contribution >= 4 is 29.7 Å². The Balaban J connectivity index is 0.00000196. The summed E-state index contributed by atoms with van der Waals surface area (Å²) in [7, 11) is 1.20. The van der Waals surface area contributed by atoms with Crippen LogP contribution in [0.25, 0.3) is 0 Å². The van der Waals surface area contributed by atoms with E-state index in [0.29, 0.717) is 4.88 Å². The first kappa shape index (κ1) is 15.7. The van der Waals surface area contributed by atoms with Gasteiger partial charge in [-0.15, -0.1) is 0 Å². The van der Waals surface area contributed by atoms with E-state index in [1.165, 1.54) is 7.11 Å². The number of carbonyl (C=O) groups excluding carboxylic acids is 1. The zero-order chi connectivity index (χ0) is 10.8. The molecule has 8 heteroatoms. The van der Waals surface area contributed by atoms with Gasteiger partial charge < -0.3 is 17.7 Å². The third kappa shape index (κ3) is 5.01. The Hall–Kier alpha value is 0.661. The van der Waals surface area contributed by atoms with E-state index in [1.54, 1.807) is 0 Å². The number of thiophene rings is 1. The number of hydrogen-bond donors (Lipinski definition) is 0. The second-order valence-corrected chi connectivity index (χ2v) is 3.67. The summed E-state index contributed by atoms with van der Waals surface area (Å²) in [5, 5.41) is 1.01. The summed E-state index contributed by atoms with van der Waals surface area (Å²) in [5.74, 6) is -0.534. The molecule has 0 spiro atoms. The summed E-state index contributed by atoms with van der Waals surface area (Å²) in [6.45, 7) is -4.96. The molecule has 1 heterocycles. The normalized spacial score (nSPS) is 10.7. The fourth-order valence-electron chi connectivity index (χ4n) is 0.876. The second kappa shape index (κ2) is 6.41. The predicted octanol–water partition coefficient (Wildman–Crippen LogP) is -1.48. The Bertz CT molecular complexity index is 339. The Morgan fingerprint density at radius 2 is 2.13 bits per heavy atom. The van der Waals surface area contributed by atoms with Crippen molar-refractivity contribution in [1.29, 1.82) is 0 Å². The third-order valence-corrected chi connectivity index (χ3v) is 2.55. The van der Waals surface area contributed by atoms with Crippen LogP contribution in [0, 0.1) is 0 Å². The minimum absolute atomic E-state index is 0. The topological polar surface area (TPSA) is 26.3 Å². The second-order valence-electron chi connectivity index (χ2n) is 2.67. The van der Waals surface area contributed by atoms with Gasteiger partial charge in [-0.1, -0.05) is 11.5 Å². The molecule has 78 valence electrons. The fraction of sp³-hybridized carbons (Fsp3) is 0.286. The molecule has 1 aromatic heterocycles. The van der Waals surface area contributed by atoms with Gasteiger partial charge in [0.05, 0.1) is 13.5 Å². The SMILES string of the molecule is COC(=O)Cc1cc([B-](F)(F)F)cs1.[K+]. The van der Waals surface area contributed by atoms with Crippen molar-refractivity contribution in [2.75, 3.05) is 7.11 Å². The van der Waals surface area contributed by atoms with E-state index in [9.17, 15) is 17.7 Å². The Morgan fingerprint density at radius 3 is 2.53 bits per heavy atom. The molecule has 1 rings (SSSR count). The number of rotatable bonds is 3. The molecule has 0 saturated carbocycles. The molecule has 0 bridgehead atoms. The Labute approximate surface area is 132 Å². The molecule has 15 heavy (non-hydrogen) atoms. The summed E-state index contributed by atoms with van der Waals surface area (Å²) in [6.07, 6.45) is -0.104. The number of hydrogen-bond acceptors (Lipinski definition) is 3. The third-order valence-electron chi connectivity index (χ3n) is 1.60. The zero-order valence-corrected chi connectivity index (χ0v) is 12.2. The summed E-state index contributed by atoms with van der Waals surface area (Å²) in [6, 6.07) is 0.988. The molecule has 0 radical (unpaired) electrons. The summed E-state index contributed by atoms with van der Waals surface area (Å²) in [4.78, 5) is 11.1. The predicted molar refractivity (Wildman–Crippen MR) is 48.8 cm³/mol. The first-order chi connectivity index (χ1) is 6.43. The van der Waals surface area contributed by atoms with Crippen LogP contribution in [0.3, 0.4) is 0 Å². The van der Waals surface area contributed by atoms with Crippen molar-refractivity contribution in [2.45, 2.75) is 6.42 Å². The first-order valence-corrected chi connectivity index (χ1v) is 4.65. The molecule has 2 nitrogen and oxygen atoms in total. The average molecular weight is 262 g/mol. The van der Waals surface area contributed by atoms with Crippen LogP contribution in [0.2, 0.25) is 0 Å². The zero-order valence-electron chi connectivity index (χ0n) is 8.30. The van der Waals surface area contributed by atoms with Crippen LogP contribution >= 0.6 is 11.3 Å². The Morgan fingerprint density at radius 1 is 1.53 bits per heavy atom. The largest absolute Gasteiger partial charge is 1.00 e. The van der Waals surface area contributed by atoms with Crippen molar-refractivity contribution in [3.05, 3.63) is 16.3 Å². The van der Waals surface area contributed by atoms with E-state index in [2.05, 4.69) is 4.74 Å². The number of carbonyl (C=O) groups is 1. The van der Waals surface area contributed by atoms with Crippen LogP contribution < -0.4 is 56.8 Å². The molecule has 0 fully saturated rings. The van der Waals surface area contributed by atoms with E-state index < -0.39 is 18.4 Å². The number of halogens is 3. The van der Waals surface area contributed by atoms with Gasteiger partial charge in [-0.3, -0.25) is 4.79 Å². The van der Waals surface area contributed by atoms with Gasteiger partial charge in [0.15, 0.2) is 0 Å². The van der Waals surface area contributed by atoms with Gasteiger partial charge in [-0.25, -0.2) is 0 Å². The van der Waals surface area contributed by atoms with Crippen molar-refractivity contribution in [2.24, 2.45) is 0 Å². The van der Waals surface area contributed by atoms with Crippen molar-refractivity contribution < 1.29 is 73.9 Å². The molecule has 0 unspecified atom stereocenters. The van der Waals surface area contributed by atoms with Crippen LogP contribution in [-0.2, 0) is 16.0 Å². The van der Waals surface area contributed by atoms with Gasteiger partial charge >= 0.3 is 64.3 Å². The summed E-state index contributed by atoms with van der Waals surface area (Å²) >= 11 is 0.915. The molecular weight excluding hydrogens is 255 g/mol. The van der Waals surface area contributed by atoms with Gasteiger partial charge in [0, 0.05) is 4.88 Å². The monoisotopic (exact) mass is 262 g/mol. The van der Waals surface area contributed by atoms with Crippen molar-refractivity contribution in [1.82, 2.24) is 0 Å². The van der Waals surface area contributed by atoms with Crippen molar-refractivity contribution in [3.63, 3.8) is 0 Å². The minimum atomic E-state index is -4.96. The fourth-order valence-corrected chi connectivity index (χ4v) is 1.79. The summed E-state index contributed by atoms with van der Waals surface area (Å²) in [5.41, 5.74) is -0.658. The van der Waals surface area contributed by atoms with Crippen LogP contribution in [0.15, 0.2) is 11.4 Å². The van der Waals surface area contributed by atoms with E-state index in [1.807, 2.05) is 0 Å². The van der Waals surface area contributed by atoms with Gasteiger partial charge in [0.2, 0.25) is 0 Å². The van der Waals surface area contributed by atoms with E-state index >= 15 is 0 Å². The molecule has 0 aliphatic rings. The molecule has 0 aliphatic carbocycles. The smallest absolute Gasteiger partial charge is 0.469 e. The minimum Gasteiger partial charge on any atom is -0.469 e. The maximum absolute atomic E-state index is 12.2. The van der Waals surface area contributed by atoms with E-state index in [-0.39, 0.29) is 57.8 Å². The number of methoxy groups -OCH3 is 1. The van der Waals surface area contributed by atoms with Crippen LogP contribution in [0.5, 0.6) is 0 Å². The number of esters is 1. The maximum atomic E-state index is 12.2. The Kier molecular flexibility index (Phi) is 6.69. The molecule has 0 saturated heterocycles. The quantitative estimate of drug-likeness (QED) is 0.490. The summed E-state index contributed by atoms with van der Waals surface area (Å²) < 4.78 is 40.9. The van der Waals surface area contributed by atoms with E-state index in [4.69, 9.17) is 0 Å². The molecular formula is C7H7BF3KO2S.